The van der Waals surface area contributed by atoms with Gasteiger partial charge < -0.3 is 20.9 Å². The molecular weight excluding hydrogens is 216 g/mol. The summed E-state index contributed by atoms with van der Waals surface area (Å²) in [5, 5.41) is 12.2. The second-order valence-corrected chi connectivity index (χ2v) is 3.43. The lowest BCUT2D eigenvalue weighted by molar-refractivity contribution is 0.0992. The smallest absolute Gasteiger partial charge is 0.0698 e. The number of halogens is 1. The van der Waals surface area contributed by atoms with Gasteiger partial charge in [-0.1, -0.05) is 11.6 Å². The van der Waals surface area contributed by atoms with E-state index in [2.05, 4.69) is 5.32 Å². The van der Waals surface area contributed by atoms with Gasteiger partial charge in [-0.15, -0.1) is 0 Å². The molecule has 0 atom stereocenters. The zero-order valence-electron chi connectivity index (χ0n) is 8.37. The molecule has 0 heterocycles. The fraction of sp³-hybridized carbons (Fsp3) is 0.400. The van der Waals surface area contributed by atoms with E-state index in [4.69, 9.17) is 27.2 Å². The molecule has 0 aliphatic rings. The van der Waals surface area contributed by atoms with Gasteiger partial charge in [0.05, 0.1) is 31.2 Å². The third kappa shape index (κ3) is 4.38. The first-order valence-electron chi connectivity index (χ1n) is 4.71. The van der Waals surface area contributed by atoms with Crippen molar-refractivity contribution in [3.63, 3.8) is 0 Å². The topological polar surface area (TPSA) is 67.5 Å². The van der Waals surface area contributed by atoms with Crippen molar-refractivity contribution in [2.75, 3.05) is 37.4 Å². The number of nitrogens with two attached hydrogens (primary N) is 1. The maximum atomic E-state index is 8.48. The Morgan fingerprint density at radius 1 is 1.40 bits per heavy atom. The number of ether oxygens (including phenoxy) is 1. The molecule has 1 aromatic carbocycles. The summed E-state index contributed by atoms with van der Waals surface area (Å²) in [6.45, 7) is 1.54. The van der Waals surface area contributed by atoms with Crippen LogP contribution < -0.4 is 11.1 Å². The number of hydrogen-bond acceptors (Lipinski definition) is 4. The molecule has 0 unspecified atom stereocenters. The predicted octanol–water partition coefficient (Wildman–Crippen LogP) is 1.34. The maximum absolute atomic E-state index is 8.48. The molecule has 5 heteroatoms. The molecule has 1 rings (SSSR count). The van der Waals surface area contributed by atoms with E-state index in [1.54, 1.807) is 18.2 Å². The van der Waals surface area contributed by atoms with Crippen molar-refractivity contribution < 1.29 is 9.84 Å². The average Bonchev–Trinajstić information content (AvgIpc) is 2.23. The van der Waals surface area contributed by atoms with Crippen molar-refractivity contribution >= 4 is 23.0 Å². The van der Waals surface area contributed by atoms with Crippen LogP contribution in [0.4, 0.5) is 11.4 Å². The van der Waals surface area contributed by atoms with Crippen LogP contribution in [0, 0.1) is 0 Å². The van der Waals surface area contributed by atoms with Crippen LogP contribution in [-0.4, -0.2) is 31.5 Å². The highest BCUT2D eigenvalue weighted by atomic mass is 35.5. The molecule has 0 saturated heterocycles. The van der Waals surface area contributed by atoms with Crippen molar-refractivity contribution in [1.82, 2.24) is 0 Å². The van der Waals surface area contributed by atoms with Gasteiger partial charge in [-0.05, 0) is 18.2 Å². The minimum atomic E-state index is 0.0410. The van der Waals surface area contributed by atoms with Gasteiger partial charge in [-0.3, -0.25) is 0 Å². The summed E-state index contributed by atoms with van der Waals surface area (Å²) in [4.78, 5) is 0. The Hall–Kier alpha value is -0.970. The summed E-state index contributed by atoms with van der Waals surface area (Å²) < 4.78 is 5.09. The van der Waals surface area contributed by atoms with Gasteiger partial charge in [0.25, 0.3) is 0 Å². The number of hydrogen-bond donors (Lipinski definition) is 3. The van der Waals surface area contributed by atoms with Crippen LogP contribution in [0.2, 0.25) is 5.02 Å². The van der Waals surface area contributed by atoms with Crippen molar-refractivity contribution in [3.05, 3.63) is 23.2 Å². The molecule has 84 valence electrons. The fourth-order valence-corrected chi connectivity index (χ4v) is 1.28. The normalized spacial score (nSPS) is 10.3. The second-order valence-electron chi connectivity index (χ2n) is 2.99. The molecular formula is C10H15ClN2O2. The SMILES string of the molecule is Nc1ccc(Cl)cc1NCCOCCO. The maximum Gasteiger partial charge on any atom is 0.0698 e. The van der Waals surface area contributed by atoms with Gasteiger partial charge in [0.15, 0.2) is 0 Å². The van der Waals surface area contributed by atoms with E-state index in [-0.39, 0.29) is 6.61 Å². The molecule has 0 spiro atoms. The minimum absolute atomic E-state index is 0.0410. The summed E-state index contributed by atoms with van der Waals surface area (Å²) in [6.07, 6.45) is 0. The molecule has 0 radical (unpaired) electrons. The first-order chi connectivity index (χ1) is 7.24. The van der Waals surface area contributed by atoms with E-state index < -0.39 is 0 Å². The quantitative estimate of drug-likeness (QED) is 0.510. The van der Waals surface area contributed by atoms with Crippen LogP contribution in [0.25, 0.3) is 0 Å². The molecule has 0 aliphatic heterocycles. The average molecular weight is 231 g/mol. The molecule has 0 bridgehead atoms. The molecule has 15 heavy (non-hydrogen) atoms. The first-order valence-corrected chi connectivity index (χ1v) is 5.09. The van der Waals surface area contributed by atoms with E-state index in [0.29, 0.717) is 30.5 Å². The lowest BCUT2D eigenvalue weighted by Gasteiger charge is -2.09. The summed E-state index contributed by atoms with van der Waals surface area (Å²) >= 11 is 5.82. The molecule has 0 amide bonds. The Balaban J connectivity index is 2.33. The third-order valence-corrected chi connectivity index (χ3v) is 2.05. The molecule has 4 N–H and O–H groups in total. The highest BCUT2D eigenvalue weighted by molar-refractivity contribution is 6.31. The number of nitrogen functional groups attached to an aromatic ring is 1. The van der Waals surface area contributed by atoms with E-state index in [9.17, 15) is 0 Å². The van der Waals surface area contributed by atoms with Crippen molar-refractivity contribution in [2.24, 2.45) is 0 Å². The summed E-state index contributed by atoms with van der Waals surface area (Å²) in [6, 6.07) is 5.26. The molecule has 0 aliphatic carbocycles. The second kappa shape index (κ2) is 6.50. The summed E-state index contributed by atoms with van der Waals surface area (Å²) in [5.74, 6) is 0. The Kier molecular flexibility index (Phi) is 5.25. The van der Waals surface area contributed by atoms with Gasteiger partial charge in [-0.25, -0.2) is 0 Å². The number of benzene rings is 1. The fourth-order valence-electron chi connectivity index (χ4n) is 1.11. The number of nitrogens with one attached hydrogen (secondary N) is 1. The monoisotopic (exact) mass is 230 g/mol. The zero-order valence-corrected chi connectivity index (χ0v) is 9.13. The predicted molar refractivity (Wildman–Crippen MR) is 62.3 cm³/mol. The van der Waals surface area contributed by atoms with E-state index in [1.807, 2.05) is 0 Å². The van der Waals surface area contributed by atoms with Gasteiger partial charge >= 0.3 is 0 Å². The van der Waals surface area contributed by atoms with Crippen LogP contribution in [0.1, 0.15) is 0 Å². The lowest BCUT2D eigenvalue weighted by Crippen LogP contribution is -2.12. The summed E-state index contributed by atoms with van der Waals surface area (Å²) in [7, 11) is 0. The van der Waals surface area contributed by atoms with E-state index in [0.717, 1.165) is 5.69 Å². The van der Waals surface area contributed by atoms with Crippen molar-refractivity contribution in [1.29, 1.82) is 0 Å². The molecule has 0 aromatic heterocycles. The molecule has 4 nitrogen and oxygen atoms in total. The summed E-state index contributed by atoms with van der Waals surface area (Å²) in [5.41, 5.74) is 7.18. The van der Waals surface area contributed by atoms with Gasteiger partial charge in [0.1, 0.15) is 0 Å². The van der Waals surface area contributed by atoms with Crippen molar-refractivity contribution in [2.45, 2.75) is 0 Å². The van der Waals surface area contributed by atoms with Crippen LogP contribution in [-0.2, 0) is 4.74 Å². The van der Waals surface area contributed by atoms with Gasteiger partial charge in [0, 0.05) is 11.6 Å². The number of anilines is 2. The zero-order chi connectivity index (χ0) is 11.1. The van der Waals surface area contributed by atoms with Crippen LogP contribution in [0.3, 0.4) is 0 Å². The van der Waals surface area contributed by atoms with E-state index in [1.165, 1.54) is 0 Å². The van der Waals surface area contributed by atoms with Crippen LogP contribution >= 0.6 is 11.6 Å². The Bertz CT molecular complexity index is 307. The lowest BCUT2D eigenvalue weighted by atomic mass is 10.2. The molecule has 0 fully saturated rings. The largest absolute Gasteiger partial charge is 0.397 e. The van der Waals surface area contributed by atoms with Crippen LogP contribution in [0.5, 0.6) is 0 Å². The molecule has 1 aromatic rings. The first kappa shape index (κ1) is 12.1. The van der Waals surface area contributed by atoms with Gasteiger partial charge in [-0.2, -0.15) is 0 Å². The minimum Gasteiger partial charge on any atom is -0.397 e. The van der Waals surface area contributed by atoms with Crippen LogP contribution in [0.15, 0.2) is 18.2 Å². The Labute approximate surface area is 94.0 Å². The Morgan fingerprint density at radius 2 is 2.20 bits per heavy atom. The molecule has 0 saturated carbocycles. The number of aliphatic hydroxyl groups excluding tert-OH is 1. The number of aliphatic hydroxyl groups is 1. The van der Waals surface area contributed by atoms with E-state index >= 15 is 0 Å². The van der Waals surface area contributed by atoms with Gasteiger partial charge in [0.2, 0.25) is 0 Å². The standard InChI is InChI=1S/C10H15ClN2O2/c11-8-1-2-9(12)10(7-8)13-3-5-15-6-4-14/h1-2,7,13-14H,3-6,12H2. The number of rotatable bonds is 6. The highest BCUT2D eigenvalue weighted by Crippen LogP contribution is 2.22. The third-order valence-electron chi connectivity index (χ3n) is 1.81. The highest BCUT2D eigenvalue weighted by Gasteiger charge is 1.98. The van der Waals surface area contributed by atoms with Crippen molar-refractivity contribution in [3.8, 4) is 0 Å². The Morgan fingerprint density at radius 3 is 2.93 bits per heavy atom.